The Hall–Kier alpha value is -0.540. The van der Waals surface area contributed by atoms with Gasteiger partial charge in [0.25, 0.3) is 0 Å². The number of pyridine rings is 1. The molecule has 1 rings (SSSR count). The van der Waals surface area contributed by atoms with Gasteiger partial charge in [0.1, 0.15) is 5.03 Å². The van der Waals surface area contributed by atoms with E-state index >= 15 is 0 Å². The van der Waals surface area contributed by atoms with Crippen LogP contribution in [0.1, 0.15) is 30.2 Å². The van der Waals surface area contributed by atoms with Gasteiger partial charge in [0.2, 0.25) is 0 Å². The molecule has 14 heavy (non-hydrogen) atoms. The van der Waals surface area contributed by atoms with Gasteiger partial charge in [-0.15, -0.1) is 11.8 Å². The lowest BCUT2D eigenvalue weighted by Crippen LogP contribution is -2.04. The normalized spacial score (nSPS) is 10.6. The molecule has 0 saturated heterocycles. The second kappa shape index (κ2) is 5.37. The topological polar surface area (TPSA) is 38.9 Å². The van der Waals surface area contributed by atoms with Crippen LogP contribution in [0.15, 0.2) is 11.1 Å². The highest BCUT2D eigenvalue weighted by Crippen LogP contribution is 2.24. The summed E-state index contributed by atoms with van der Waals surface area (Å²) in [6, 6.07) is 2.10. The van der Waals surface area contributed by atoms with Gasteiger partial charge < -0.3 is 5.73 Å². The standard InChI is InChI=1S/C11H18N2S/c1-4-5-14-11-10(7-12)8(2)6-9(3)13-11/h6H,4-5,7,12H2,1-3H3. The van der Waals surface area contributed by atoms with Gasteiger partial charge in [0.15, 0.2) is 0 Å². The number of hydrogen-bond acceptors (Lipinski definition) is 3. The first-order valence-electron chi connectivity index (χ1n) is 4.99. The zero-order valence-electron chi connectivity index (χ0n) is 9.13. The van der Waals surface area contributed by atoms with E-state index in [1.54, 1.807) is 0 Å². The van der Waals surface area contributed by atoms with Crippen LogP contribution in [0.25, 0.3) is 0 Å². The van der Waals surface area contributed by atoms with E-state index in [0.717, 1.165) is 16.5 Å². The first-order chi connectivity index (χ1) is 6.69. The van der Waals surface area contributed by atoms with E-state index in [1.807, 2.05) is 18.7 Å². The minimum Gasteiger partial charge on any atom is -0.326 e. The summed E-state index contributed by atoms with van der Waals surface area (Å²) in [6.07, 6.45) is 1.17. The third-order valence-corrected chi connectivity index (χ3v) is 3.31. The van der Waals surface area contributed by atoms with Gasteiger partial charge in [-0.2, -0.15) is 0 Å². The molecule has 0 atom stereocenters. The minimum absolute atomic E-state index is 0.588. The van der Waals surface area contributed by atoms with Gasteiger partial charge in [0.05, 0.1) is 0 Å². The van der Waals surface area contributed by atoms with E-state index in [2.05, 4.69) is 24.9 Å². The third-order valence-electron chi connectivity index (χ3n) is 2.08. The number of rotatable bonds is 4. The van der Waals surface area contributed by atoms with Crippen molar-refractivity contribution in [1.82, 2.24) is 4.98 Å². The predicted molar refractivity (Wildman–Crippen MR) is 62.6 cm³/mol. The molecule has 0 amide bonds. The lowest BCUT2D eigenvalue weighted by atomic mass is 10.1. The van der Waals surface area contributed by atoms with Crippen molar-refractivity contribution < 1.29 is 0 Å². The van der Waals surface area contributed by atoms with Crippen molar-refractivity contribution in [3.63, 3.8) is 0 Å². The van der Waals surface area contributed by atoms with Crippen LogP contribution in [-0.4, -0.2) is 10.7 Å². The Labute approximate surface area is 90.3 Å². The molecule has 0 aliphatic rings. The molecule has 2 N–H and O–H groups in total. The summed E-state index contributed by atoms with van der Waals surface area (Å²) in [5.41, 5.74) is 9.27. The number of aromatic nitrogens is 1. The number of nitrogens with two attached hydrogens (primary N) is 1. The van der Waals surface area contributed by atoms with Crippen molar-refractivity contribution in [2.24, 2.45) is 5.73 Å². The van der Waals surface area contributed by atoms with Crippen molar-refractivity contribution in [2.75, 3.05) is 5.75 Å². The summed E-state index contributed by atoms with van der Waals surface area (Å²) in [7, 11) is 0. The van der Waals surface area contributed by atoms with E-state index < -0.39 is 0 Å². The zero-order chi connectivity index (χ0) is 10.6. The Morgan fingerprint density at radius 1 is 1.43 bits per heavy atom. The Bertz CT molecular complexity index is 310. The van der Waals surface area contributed by atoms with Gasteiger partial charge in [-0.05, 0) is 37.7 Å². The number of thioether (sulfide) groups is 1. The van der Waals surface area contributed by atoms with Crippen LogP contribution >= 0.6 is 11.8 Å². The first-order valence-corrected chi connectivity index (χ1v) is 5.97. The van der Waals surface area contributed by atoms with Crippen molar-refractivity contribution in [3.8, 4) is 0 Å². The quantitative estimate of drug-likeness (QED) is 0.777. The maximum atomic E-state index is 5.72. The minimum atomic E-state index is 0.588. The van der Waals surface area contributed by atoms with Crippen molar-refractivity contribution in [2.45, 2.75) is 38.8 Å². The average Bonchev–Trinajstić information content (AvgIpc) is 2.14. The Morgan fingerprint density at radius 2 is 2.14 bits per heavy atom. The van der Waals surface area contributed by atoms with E-state index in [4.69, 9.17) is 5.73 Å². The van der Waals surface area contributed by atoms with E-state index in [0.29, 0.717) is 6.54 Å². The third kappa shape index (κ3) is 2.72. The Morgan fingerprint density at radius 3 is 2.71 bits per heavy atom. The molecule has 78 valence electrons. The molecule has 2 nitrogen and oxygen atoms in total. The zero-order valence-corrected chi connectivity index (χ0v) is 9.95. The molecule has 1 aromatic heterocycles. The van der Waals surface area contributed by atoms with Gasteiger partial charge in [-0.3, -0.25) is 0 Å². The van der Waals surface area contributed by atoms with Crippen molar-refractivity contribution >= 4 is 11.8 Å². The first kappa shape index (κ1) is 11.5. The van der Waals surface area contributed by atoms with Crippen molar-refractivity contribution in [3.05, 3.63) is 22.9 Å². The molecule has 0 saturated carbocycles. The lowest BCUT2D eigenvalue weighted by molar-refractivity contribution is 0.920. The second-order valence-electron chi connectivity index (χ2n) is 3.42. The van der Waals surface area contributed by atoms with Crippen LogP contribution in [-0.2, 0) is 6.54 Å². The molecular weight excluding hydrogens is 192 g/mol. The van der Waals surface area contributed by atoms with Gasteiger partial charge in [-0.1, -0.05) is 6.92 Å². The molecule has 0 spiro atoms. The molecular formula is C11H18N2S. The van der Waals surface area contributed by atoms with Crippen LogP contribution < -0.4 is 5.73 Å². The highest BCUT2D eigenvalue weighted by molar-refractivity contribution is 7.99. The second-order valence-corrected chi connectivity index (χ2v) is 4.50. The maximum Gasteiger partial charge on any atom is 0.101 e. The van der Waals surface area contributed by atoms with Gasteiger partial charge >= 0.3 is 0 Å². The number of aryl methyl sites for hydroxylation is 2. The summed E-state index contributed by atoms with van der Waals surface area (Å²) >= 11 is 1.81. The molecule has 0 radical (unpaired) electrons. The number of hydrogen-bond donors (Lipinski definition) is 1. The Balaban J connectivity index is 2.99. The van der Waals surface area contributed by atoms with Crippen LogP contribution in [0.5, 0.6) is 0 Å². The largest absolute Gasteiger partial charge is 0.326 e. The molecule has 0 fully saturated rings. The highest BCUT2D eigenvalue weighted by atomic mass is 32.2. The molecule has 0 unspecified atom stereocenters. The fourth-order valence-electron chi connectivity index (χ4n) is 1.40. The van der Waals surface area contributed by atoms with Crippen LogP contribution in [0, 0.1) is 13.8 Å². The molecule has 0 aromatic carbocycles. The van der Waals surface area contributed by atoms with Gasteiger partial charge in [0, 0.05) is 17.8 Å². The lowest BCUT2D eigenvalue weighted by Gasteiger charge is -2.10. The van der Waals surface area contributed by atoms with Crippen LogP contribution in [0.3, 0.4) is 0 Å². The van der Waals surface area contributed by atoms with Gasteiger partial charge in [-0.25, -0.2) is 4.98 Å². The summed E-state index contributed by atoms with van der Waals surface area (Å²) < 4.78 is 0. The molecule has 3 heteroatoms. The highest BCUT2D eigenvalue weighted by Gasteiger charge is 2.07. The average molecular weight is 210 g/mol. The fraction of sp³-hybridized carbons (Fsp3) is 0.545. The fourth-order valence-corrected chi connectivity index (χ4v) is 2.42. The van der Waals surface area contributed by atoms with Crippen molar-refractivity contribution in [1.29, 1.82) is 0 Å². The molecule has 1 aromatic rings. The van der Waals surface area contributed by atoms with E-state index in [1.165, 1.54) is 17.5 Å². The molecule has 0 aliphatic carbocycles. The monoisotopic (exact) mass is 210 g/mol. The Kier molecular flexibility index (Phi) is 4.42. The van der Waals surface area contributed by atoms with E-state index in [9.17, 15) is 0 Å². The molecule has 1 heterocycles. The van der Waals surface area contributed by atoms with Crippen LogP contribution in [0.4, 0.5) is 0 Å². The summed E-state index contributed by atoms with van der Waals surface area (Å²) in [6.45, 7) is 6.90. The van der Waals surface area contributed by atoms with Crippen LogP contribution in [0.2, 0.25) is 0 Å². The maximum absolute atomic E-state index is 5.72. The predicted octanol–water partition coefficient (Wildman–Crippen LogP) is 2.66. The SMILES string of the molecule is CCCSc1nc(C)cc(C)c1CN. The summed E-state index contributed by atoms with van der Waals surface area (Å²) in [5.74, 6) is 1.11. The summed E-state index contributed by atoms with van der Waals surface area (Å²) in [4.78, 5) is 4.53. The van der Waals surface area contributed by atoms with E-state index in [-0.39, 0.29) is 0 Å². The molecule has 0 aliphatic heterocycles. The smallest absolute Gasteiger partial charge is 0.101 e. The summed E-state index contributed by atoms with van der Waals surface area (Å²) in [5, 5.41) is 1.12. The molecule has 0 bridgehead atoms. The number of nitrogens with zero attached hydrogens (tertiary/aromatic N) is 1.